The maximum absolute atomic E-state index is 12.1. The molecule has 0 aliphatic carbocycles. The Hall–Kier alpha value is -2.93. The molecule has 1 aliphatic rings. The standard InChI is InChI=1S/C17H18N6O/c24-16-13-3-1-2-4-14(13)20-17(22-16)21-15-11-12(5-6-19-15)23-9-7-18-8-10-23/h1-6,11,18H,7-10H2,(H2,19,20,21,22,24). The van der Waals surface area contributed by atoms with Gasteiger partial charge in [-0.05, 0) is 18.2 Å². The van der Waals surface area contributed by atoms with Crippen LogP contribution in [-0.2, 0) is 0 Å². The van der Waals surface area contributed by atoms with Gasteiger partial charge in [0, 0.05) is 44.1 Å². The number of hydrogen-bond acceptors (Lipinski definition) is 6. The molecule has 0 atom stereocenters. The molecule has 24 heavy (non-hydrogen) atoms. The van der Waals surface area contributed by atoms with E-state index in [-0.39, 0.29) is 5.56 Å². The highest BCUT2D eigenvalue weighted by Crippen LogP contribution is 2.19. The molecule has 1 aromatic carbocycles. The van der Waals surface area contributed by atoms with E-state index in [1.54, 1.807) is 12.3 Å². The number of benzene rings is 1. The summed E-state index contributed by atoms with van der Waals surface area (Å²) >= 11 is 0. The van der Waals surface area contributed by atoms with Gasteiger partial charge >= 0.3 is 0 Å². The van der Waals surface area contributed by atoms with E-state index in [1.807, 2.05) is 30.3 Å². The highest BCUT2D eigenvalue weighted by Gasteiger charge is 2.11. The van der Waals surface area contributed by atoms with Crippen LogP contribution in [0.2, 0.25) is 0 Å². The molecule has 0 radical (unpaired) electrons. The zero-order valence-electron chi connectivity index (χ0n) is 13.1. The number of nitrogens with one attached hydrogen (secondary N) is 3. The number of hydrogen-bond donors (Lipinski definition) is 3. The van der Waals surface area contributed by atoms with E-state index < -0.39 is 0 Å². The SMILES string of the molecule is O=c1[nH]c(Nc2cc(N3CCNCC3)ccn2)nc2ccccc12. The molecule has 3 aromatic rings. The average molecular weight is 322 g/mol. The second kappa shape index (κ2) is 6.29. The lowest BCUT2D eigenvalue weighted by Gasteiger charge is -2.29. The maximum Gasteiger partial charge on any atom is 0.260 e. The Balaban J connectivity index is 1.62. The van der Waals surface area contributed by atoms with Gasteiger partial charge in [-0.2, -0.15) is 0 Å². The molecular formula is C17H18N6O. The Morgan fingerprint density at radius 3 is 2.83 bits per heavy atom. The van der Waals surface area contributed by atoms with Gasteiger partial charge in [-0.1, -0.05) is 12.1 Å². The third-order valence-corrected chi connectivity index (χ3v) is 4.08. The first-order valence-corrected chi connectivity index (χ1v) is 7.97. The minimum Gasteiger partial charge on any atom is -0.369 e. The molecule has 1 saturated heterocycles. The topological polar surface area (TPSA) is 85.9 Å². The first-order chi connectivity index (χ1) is 11.8. The Bertz CT molecular complexity index is 916. The summed E-state index contributed by atoms with van der Waals surface area (Å²) in [6.07, 6.45) is 1.76. The van der Waals surface area contributed by atoms with Crippen molar-refractivity contribution in [3.8, 4) is 0 Å². The molecule has 3 heterocycles. The number of fused-ring (bicyclic) bond motifs is 1. The van der Waals surface area contributed by atoms with Crippen molar-refractivity contribution in [3.63, 3.8) is 0 Å². The number of aromatic amines is 1. The van der Waals surface area contributed by atoms with Crippen LogP contribution in [0.15, 0.2) is 47.4 Å². The van der Waals surface area contributed by atoms with E-state index in [4.69, 9.17) is 0 Å². The molecule has 3 N–H and O–H groups in total. The van der Waals surface area contributed by atoms with Crippen LogP contribution in [-0.4, -0.2) is 41.1 Å². The molecule has 0 saturated carbocycles. The van der Waals surface area contributed by atoms with E-state index in [2.05, 4.69) is 30.5 Å². The summed E-state index contributed by atoms with van der Waals surface area (Å²) in [5.41, 5.74) is 1.60. The summed E-state index contributed by atoms with van der Waals surface area (Å²) in [6, 6.07) is 11.2. The predicted octanol–water partition coefficient (Wildman–Crippen LogP) is 1.47. The molecule has 122 valence electrons. The summed E-state index contributed by atoms with van der Waals surface area (Å²) < 4.78 is 0. The van der Waals surface area contributed by atoms with Crippen molar-refractivity contribution in [1.29, 1.82) is 0 Å². The van der Waals surface area contributed by atoms with Crippen LogP contribution in [0.3, 0.4) is 0 Å². The summed E-state index contributed by atoms with van der Waals surface area (Å²) in [6.45, 7) is 3.89. The smallest absolute Gasteiger partial charge is 0.260 e. The highest BCUT2D eigenvalue weighted by molar-refractivity contribution is 5.78. The molecule has 1 aliphatic heterocycles. The lowest BCUT2D eigenvalue weighted by Crippen LogP contribution is -2.43. The number of nitrogens with zero attached hydrogens (tertiary/aromatic N) is 3. The summed E-state index contributed by atoms with van der Waals surface area (Å²) in [5.74, 6) is 1.05. The zero-order valence-corrected chi connectivity index (χ0v) is 13.1. The first kappa shape index (κ1) is 14.6. The van der Waals surface area contributed by atoms with Crippen molar-refractivity contribution in [3.05, 3.63) is 52.9 Å². The van der Waals surface area contributed by atoms with Crippen LogP contribution in [0, 0.1) is 0 Å². The second-order valence-electron chi connectivity index (χ2n) is 5.69. The Kier molecular flexibility index (Phi) is 3.84. The van der Waals surface area contributed by atoms with E-state index in [0.717, 1.165) is 31.9 Å². The third-order valence-electron chi connectivity index (χ3n) is 4.08. The van der Waals surface area contributed by atoms with Gasteiger partial charge in [0.1, 0.15) is 5.82 Å². The van der Waals surface area contributed by atoms with Gasteiger partial charge in [0.15, 0.2) is 0 Å². The molecule has 0 spiro atoms. The monoisotopic (exact) mass is 322 g/mol. The van der Waals surface area contributed by atoms with Gasteiger partial charge in [0.2, 0.25) is 5.95 Å². The lowest BCUT2D eigenvalue weighted by atomic mass is 10.2. The Morgan fingerprint density at radius 2 is 1.96 bits per heavy atom. The fourth-order valence-corrected chi connectivity index (χ4v) is 2.87. The molecule has 0 unspecified atom stereocenters. The molecule has 2 aromatic heterocycles. The van der Waals surface area contributed by atoms with E-state index in [9.17, 15) is 4.79 Å². The average Bonchev–Trinajstić information content (AvgIpc) is 2.63. The molecular weight excluding hydrogens is 304 g/mol. The van der Waals surface area contributed by atoms with Crippen molar-refractivity contribution in [2.45, 2.75) is 0 Å². The summed E-state index contributed by atoms with van der Waals surface area (Å²) in [5, 5.41) is 7.01. The van der Waals surface area contributed by atoms with Crippen LogP contribution in [0.1, 0.15) is 0 Å². The van der Waals surface area contributed by atoms with Gasteiger partial charge < -0.3 is 15.5 Å². The van der Waals surface area contributed by atoms with Crippen LogP contribution in [0.25, 0.3) is 10.9 Å². The number of pyridine rings is 1. The molecule has 7 nitrogen and oxygen atoms in total. The van der Waals surface area contributed by atoms with Crippen molar-refractivity contribution in [2.24, 2.45) is 0 Å². The van der Waals surface area contributed by atoms with Crippen LogP contribution >= 0.6 is 0 Å². The molecule has 0 bridgehead atoms. The normalized spacial score (nSPS) is 14.8. The second-order valence-corrected chi connectivity index (χ2v) is 5.69. The predicted molar refractivity (Wildman–Crippen MR) is 95.0 cm³/mol. The van der Waals surface area contributed by atoms with Gasteiger partial charge in [-0.3, -0.25) is 9.78 Å². The van der Waals surface area contributed by atoms with Crippen LogP contribution < -0.4 is 21.1 Å². The number of piperazine rings is 1. The number of aromatic nitrogens is 3. The zero-order chi connectivity index (χ0) is 16.4. The number of rotatable bonds is 3. The molecule has 7 heteroatoms. The summed E-state index contributed by atoms with van der Waals surface area (Å²) in [4.78, 5) is 26.0. The minimum absolute atomic E-state index is 0.165. The van der Waals surface area contributed by atoms with Gasteiger partial charge in [0.05, 0.1) is 10.9 Å². The molecule has 0 amide bonds. The summed E-state index contributed by atoms with van der Waals surface area (Å²) in [7, 11) is 0. The number of H-pyrrole nitrogens is 1. The van der Waals surface area contributed by atoms with Crippen molar-refractivity contribution in [2.75, 3.05) is 36.4 Å². The van der Waals surface area contributed by atoms with E-state index >= 15 is 0 Å². The lowest BCUT2D eigenvalue weighted by molar-refractivity contribution is 0.589. The fourth-order valence-electron chi connectivity index (χ4n) is 2.87. The quantitative estimate of drug-likeness (QED) is 0.677. The van der Waals surface area contributed by atoms with Crippen molar-refractivity contribution >= 4 is 28.4 Å². The fraction of sp³-hybridized carbons (Fsp3) is 0.235. The molecule has 1 fully saturated rings. The number of anilines is 3. The van der Waals surface area contributed by atoms with Crippen molar-refractivity contribution in [1.82, 2.24) is 20.3 Å². The van der Waals surface area contributed by atoms with Crippen LogP contribution in [0.5, 0.6) is 0 Å². The highest BCUT2D eigenvalue weighted by atomic mass is 16.1. The molecule has 4 rings (SSSR count). The Morgan fingerprint density at radius 1 is 1.12 bits per heavy atom. The third kappa shape index (κ3) is 2.93. The van der Waals surface area contributed by atoms with Gasteiger partial charge in [-0.25, -0.2) is 9.97 Å². The first-order valence-electron chi connectivity index (χ1n) is 7.97. The maximum atomic E-state index is 12.1. The Labute approximate surface area is 138 Å². The minimum atomic E-state index is -0.165. The van der Waals surface area contributed by atoms with Crippen molar-refractivity contribution < 1.29 is 0 Å². The van der Waals surface area contributed by atoms with E-state index in [1.165, 1.54) is 0 Å². The van der Waals surface area contributed by atoms with Crippen LogP contribution in [0.4, 0.5) is 17.5 Å². The largest absolute Gasteiger partial charge is 0.369 e. The van der Waals surface area contributed by atoms with Gasteiger partial charge in [-0.15, -0.1) is 0 Å². The number of para-hydroxylation sites is 1. The van der Waals surface area contributed by atoms with Gasteiger partial charge in [0.25, 0.3) is 5.56 Å². The van der Waals surface area contributed by atoms with E-state index in [0.29, 0.717) is 22.7 Å².